The highest BCUT2D eigenvalue weighted by Gasteiger charge is 2.25. The maximum atomic E-state index is 12.1. The Labute approximate surface area is 123 Å². The first kappa shape index (κ1) is 16.5. The van der Waals surface area contributed by atoms with Crippen molar-refractivity contribution >= 4 is 24.2 Å². The van der Waals surface area contributed by atoms with E-state index in [1.54, 1.807) is 14.1 Å². The van der Waals surface area contributed by atoms with Crippen molar-refractivity contribution in [2.45, 2.75) is 31.3 Å². The van der Waals surface area contributed by atoms with E-state index in [1.165, 1.54) is 21.3 Å². The number of thioether (sulfide) groups is 1. The summed E-state index contributed by atoms with van der Waals surface area (Å²) >= 11 is 1.39. The van der Waals surface area contributed by atoms with Crippen molar-refractivity contribution in [3.63, 3.8) is 0 Å². The molecule has 7 nitrogen and oxygen atoms in total. The van der Waals surface area contributed by atoms with Gasteiger partial charge in [-0.05, 0) is 0 Å². The van der Waals surface area contributed by atoms with Gasteiger partial charge in [0.25, 0.3) is 0 Å². The van der Waals surface area contributed by atoms with Gasteiger partial charge in [-0.2, -0.15) is 4.68 Å². The third-order valence-electron chi connectivity index (χ3n) is 2.37. The normalized spacial score (nSPS) is 11.2. The predicted molar refractivity (Wildman–Crippen MR) is 78.0 cm³/mol. The van der Waals surface area contributed by atoms with E-state index in [0.717, 1.165) is 0 Å². The Morgan fingerprint density at radius 2 is 2.10 bits per heavy atom. The zero-order valence-electron chi connectivity index (χ0n) is 12.5. The number of hydrogen-bond donors (Lipinski definition) is 1. The van der Waals surface area contributed by atoms with Crippen LogP contribution in [0, 0.1) is 0 Å². The fraction of sp³-hybridized carbons (Fsp3) is 0.667. The molecule has 112 valence electrons. The minimum Gasteiger partial charge on any atom is -0.358 e. The number of nitrogens with zero attached hydrogens (tertiary/aromatic N) is 4. The molecule has 0 aliphatic rings. The molecule has 0 spiro atoms. The van der Waals surface area contributed by atoms with Gasteiger partial charge in [0, 0.05) is 31.8 Å². The van der Waals surface area contributed by atoms with Crippen LogP contribution < -0.4 is 5.32 Å². The van der Waals surface area contributed by atoms with Gasteiger partial charge in [0.05, 0.1) is 0 Å². The van der Waals surface area contributed by atoms with Crippen molar-refractivity contribution in [2.24, 2.45) is 0 Å². The highest BCUT2D eigenvalue weighted by molar-refractivity contribution is 7.99. The van der Waals surface area contributed by atoms with Gasteiger partial charge in [0.2, 0.25) is 6.41 Å². The fourth-order valence-corrected chi connectivity index (χ4v) is 2.08. The molecule has 1 heterocycles. The average molecular weight is 299 g/mol. The molecule has 0 radical (unpaired) electrons. The number of amides is 2. The van der Waals surface area contributed by atoms with Crippen molar-refractivity contribution in [1.29, 1.82) is 0 Å². The van der Waals surface area contributed by atoms with Crippen LogP contribution in [0.2, 0.25) is 0 Å². The van der Waals surface area contributed by atoms with E-state index < -0.39 is 0 Å². The Kier molecular flexibility index (Phi) is 5.55. The summed E-state index contributed by atoms with van der Waals surface area (Å²) in [6, 6.07) is -0.237. The van der Waals surface area contributed by atoms with Crippen molar-refractivity contribution in [1.82, 2.24) is 25.0 Å². The molecular formula is C12H21N5O2S. The number of hydrogen-bond acceptors (Lipinski definition) is 5. The Bertz CT molecular complexity index is 479. The van der Waals surface area contributed by atoms with E-state index >= 15 is 0 Å². The van der Waals surface area contributed by atoms with Crippen LogP contribution in [0.15, 0.2) is 5.16 Å². The Morgan fingerprint density at radius 3 is 2.60 bits per heavy atom. The summed E-state index contributed by atoms with van der Waals surface area (Å²) in [4.78, 5) is 28.2. The van der Waals surface area contributed by atoms with Crippen LogP contribution in [0.4, 0.5) is 4.79 Å². The smallest absolute Gasteiger partial charge is 0.346 e. The number of rotatable bonds is 5. The van der Waals surface area contributed by atoms with E-state index in [-0.39, 0.29) is 11.4 Å². The van der Waals surface area contributed by atoms with E-state index in [4.69, 9.17) is 0 Å². The summed E-state index contributed by atoms with van der Waals surface area (Å²) < 4.78 is 1.31. The van der Waals surface area contributed by atoms with Crippen LogP contribution in [-0.4, -0.2) is 58.5 Å². The van der Waals surface area contributed by atoms with Gasteiger partial charge in [-0.1, -0.05) is 32.5 Å². The lowest BCUT2D eigenvalue weighted by atomic mass is 9.96. The monoisotopic (exact) mass is 299 g/mol. The summed E-state index contributed by atoms with van der Waals surface area (Å²) in [6.45, 7) is 6.50. The zero-order chi connectivity index (χ0) is 15.3. The molecule has 1 aromatic rings. The van der Waals surface area contributed by atoms with Crippen molar-refractivity contribution in [3.8, 4) is 0 Å². The summed E-state index contributed by atoms with van der Waals surface area (Å²) in [5.74, 6) is 1.25. The van der Waals surface area contributed by atoms with Crippen LogP contribution >= 0.6 is 11.8 Å². The van der Waals surface area contributed by atoms with Crippen LogP contribution in [0.3, 0.4) is 0 Å². The number of carbonyl (C=O) groups is 2. The second kappa shape index (κ2) is 6.74. The molecule has 1 aromatic heterocycles. The first-order chi connectivity index (χ1) is 9.27. The van der Waals surface area contributed by atoms with Gasteiger partial charge in [0.15, 0.2) is 11.0 Å². The lowest BCUT2D eigenvalue weighted by Crippen LogP contribution is -2.29. The Morgan fingerprint density at radius 1 is 1.45 bits per heavy atom. The zero-order valence-corrected chi connectivity index (χ0v) is 13.3. The molecule has 1 rings (SSSR count). The summed E-state index contributed by atoms with van der Waals surface area (Å²) in [6.07, 6.45) is 0.650. The molecule has 0 aliphatic heterocycles. The van der Waals surface area contributed by atoms with Crippen molar-refractivity contribution in [3.05, 3.63) is 5.82 Å². The third-order valence-corrected chi connectivity index (χ3v) is 3.30. The minimum atomic E-state index is -0.237. The first-order valence-electron chi connectivity index (χ1n) is 6.26. The van der Waals surface area contributed by atoms with Crippen molar-refractivity contribution < 1.29 is 9.59 Å². The summed E-state index contributed by atoms with van der Waals surface area (Å²) in [5, 5.41) is 7.42. The largest absolute Gasteiger partial charge is 0.358 e. The SMILES string of the molecule is CN(C)C(=O)n1nc(C(C)(C)C)nc1SCCNC=O. The summed E-state index contributed by atoms with van der Waals surface area (Å²) in [7, 11) is 3.34. The van der Waals surface area contributed by atoms with Crippen molar-refractivity contribution in [2.75, 3.05) is 26.4 Å². The number of aromatic nitrogens is 3. The standard InChI is InChI=1S/C12H21N5O2S/c1-12(2,3)9-14-10(20-7-6-13-8-18)17(15-9)11(19)16(4)5/h8H,6-7H2,1-5H3,(H,13,18). The molecule has 1 N–H and O–H groups in total. The summed E-state index contributed by atoms with van der Waals surface area (Å²) in [5.41, 5.74) is -0.228. The minimum absolute atomic E-state index is 0.228. The molecule has 0 fully saturated rings. The maximum absolute atomic E-state index is 12.1. The van der Waals surface area contributed by atoms with E-state index in [1.807, 2.05) is 20.8 Å². The van der Waals surface area contributed by atoms with Gasteiger partial charge in [-0.25, -0.2) is 9.78 Å². The lowest BCUT2D eigenvalue weighted by molar-refractivity contribution is -0.109. The molecule has 20 heavy (non-hydrogen) atoms. The van der Waals surface area contributed by atoms with Gasteiger partial charge in [-0.15, -0.1) is 5.10 Å². The molecule has 0 bridgehead atoms. The highest BCUT2D eigenvalue weighted by atomic mass is 32.2. The lowest BCUT2D eigenvalue weighted by Gasteiger charge is -2.13. The molecular weight excluding hydrogens is 278 g/mol. The third kappa shape index (κ3) is 4.22. The van der Waals surface area contributed by atoms with Gasteiger partial charge < -0.3 is 10.2 Å². The Hall–Kier alpha value is -1.57. The average Bonchev–Trinajstić information content (AvgIpc) is 2.77. The van der Waals surface area contributed by atoms with Gasteiger partial charge in [0.1, 0.15) is 0 Å². The van der Waals surface area contributed by atoms with Gasteiger partial charge in [-0.3, -0.25) is 4.79 Å². The number of carbonyl (C=O) groups excluding carboxylic acids is 2. The second-order valence-corrected chi connectivity index (χ2v) is 6.54. The van der Waals surface area contributed by atoms with Gasteiger partial charge >= 0.3 is 6.03 Å². The molecule has 0 unspecified atom stereocenters. The Balaban J connectivity index is 2.97. The maximum Gasteiger partial charge on any atom is 0.346 e. The van der Waals surface area contributed by atoms with E-state index in [9.17, 15) is 9.59 Å². The second-order valence-electron chi connectivity index (χ2n) is 5.48. The fourth-order valence-electron chi connectivity index (χ4n) is 1.28. The molecule has 2 amide bonds. The number of nitrogens with one attached hydrogen (secondary N) is 1. The van der Waals surface area contributed by atoms with Crippen LogP contribution in [0.25, 0.3) is 0 Å². The molecule has 8 heteroatoms. The first-order valence-corrected chi connectivity index (χ1v) is 7.25. The molecule has 0 saturated carbocycles. The molecule has 0 saturated heterocycles. The predicted octanol–water partition coefficient (Wildman–Crippen LogP) is 0.943. The van der Waals surface area contributed by atoms with Crippen LogP contribution in [0.5, 0.6) is 0 Å². The molecule has 0 atom stereocenters. The molecule has 0 aliphatic carbocycles. The van der Waals surface area contributed by atoms with E-state index in [2.05, 4.69) is 15.4 Å². The topological polar surface area (TPSA) is 80.1 Å². The van der Waals surface area contributed by atoms with E-state index in [0.29, 0.717) is 29.7 Å². The van der Waals surface area contributed by atoms with Crippen LogP contribution in [-0.2, 0) is 10.2 Å². The highest BCUT2D eigenvalue weighted by Crippen LogP contribution is 2.23. The quantitative estimate of drug-likeness (QED) is 0.497. The molecule has 0 aromatic carbocycles. The van der Waals surface area contributed by atoms with Crippen LogP contribution in [0.1, 0.15) is 26.6 Å².